The minimum absolute atomic E-state index is 0.00737. The number of sulfonamides is 1. The van der Waals surface area contributed by atoms with Crippen molar-refractivity contribution in [1.29, 1.82) is 0 Å². The maximum atomic E-state index is 13.7. The molecule has 204 valence electrons. The number of hydrogen-bond acceptors (Lipinski definition) is 5. The molecule has 39 heavy (non-hydrogen) atoms. The van der Waals surface area contributed by atoms with Gasteiger partial charge in [0.1, 0.15) is 23.9 Å². The molecule has 1 aliphatic heterocycles. The van der Waals surface area contributed by atoms with Crippen LogP contribution in [0.4, 0.5) is 17.6 Å². The van der Waals surface area contributed by atoms with E-state index in [0.717, 1.165) is 22.5 Å². The summed E-state index contributed by atoms with van der Waals surface area (Å²) in [6, 6.07) is 11.6. The Hall–Kier alpha value is -3.61. The van der Waals surface area contributed by atoms with Gasteiger partial charge in [0.05, 0.1) is 16.1 Å². The molecular weight excluding hydrogens is 564 g/mol. The van der Waals surface area contributed by atoms with Gasteiger partial charge >= 0.3 is 6.18 Å². The second-order valence-corrected chi connectivity index (χ2v) is 11.1. The molecule has 0 fully saturated rings. The standard InChI is InChI=1S/C26H19ClF4N2O5S/c27-20-6-3-18(26(29,30)31)11-24(20)39(35,36)33(13-15-1-4-19(28)5-2-15)14-17-9-16-10-22-23(38-8-7-37-22)12-21(16)32-25(17)34/h1-6,9-12H,7-8,13-14H2,(H,32,34). The predicted molar refractivity (Wildman–Crippen MR) is 135 cm³/mol. The van der Waals surface area contributed by atoms with Gasteiger partial charge in [0.25, 0.3) is 5.56 Å². The fourth-order valence-electron chi connectivity index (χ4n) is 4.13. The highest BCUT2D eigenvalue weighted by atomic mass is 35.5. The van der Waals surface area contributed by atoms with Gasteiger partial charge in [0, 0.05) is 30.1 Å². The van der Waals surface area contributed by atoms with Crippen LogP contribution in [0.3, 0.4) is 0 Å². The van der Waals surface area contributed by atoms with Crippen LogP contribution < -0.4 is 15.0 Å². The van der Waals surface area contributed by atoms with Gasteiger partial charge < -0.3 is 14.5 Å². The SMILES string of the molecule is O=c1[nH]c2cc3c(cc2cc1CN(Cc1ccc(F)cc1)S(=O)(=O)c1cc(C(F)(F)F)ccc1Cl)OCCO3. The zero-order chi connectivity index (χ0) is 27.9. The van der Waals surface area contributed by atoms with Crippen LogP contribution in [0.25, 0.3) is 10.9 Å². The van der Waals surface area contributed by atoms with Gasteiger partial charge in [0.15, 0.2) is 11.5 Å². The lowest BCUT2D eigenvalue weighted by Gasteiger charge is -2.24. The number of fused-ring (bicyclic) bond motifs is 2. The van der Waals surface area contributed by atoms with Crippen molar-refractivity contribution in [3.8, 4) is 11.5 Å². The van der Waals surface area contributed by atoms with Gasteiger partial charge in [-0.15, -0.1) is 0 Å². The third kappa shape index (κ3) is 5.58. The largest absolute Gasteiger partial charge is 0.486 e. The van der Waals surface area contributed by atoms with E-state index in [1.807, 2.05) is 0 Å². The van der Waals surface area contributed by atoms with Crippen molar-refractivity contribution in [1.82, 2.24) is 9.29 Å². The summed E-state index contributed by atoms with van der Waals surface area (Å²) < 4.78 is 93.0. The molecular formula is C26H19ClF4N2O5S. The lowest BCUT2D eigenvalue weighted by atomic mass is 10.1. The Morgan fingerprint density at radius 2 is 1.59 bits per heavy atom. The number of nitrogens with one attached hydrogen (secondary N) is 1. The van der Waals surface area contributed by atoms with E-state index in [-0.39, 0.29) is 12.1 Å². The molecule has 0 radical (unpaired) electrons. The molecule has 0 bridgehead atoms. The summed E-state index contributed by atoms with van der Waals surface area (Å²) in [6.07, 6.45) is -4.82. The smallest absolute Gasteiger partial charge is 0.416 e. The first-order chi connectivity index (χ1) is 18.4. The van der Waals surface area contributed by atoms with Crippen LogP contribution in [0, 0.1) is 5.82 Å². The van der Waals surface area contributed by atoms with Crippen LogP contribution in [0.15, 0.2) is 70.4 Å². The summed E-state index contributed by atoms with van der Waals surface area (Å²) in [7, 11) is -4.70. The monoisotopic (exact) mass is 582 g/mol. The second kappa shape index (κ2) is 10.2. The number of aromatic amines is 1. The summed E-state index contributed by atoms with van der Waals surface area (Å²) in [6.45, 7) is -0.231. The van der Waals surface area contributed by atoms with E-state index in [1.165, 1.54) is 18.2 Å². The van der Waals surface area contributed by atoms with Gasteiger partial charge in [-0.1, -0.05) is 23.7 Å². The van der Waals surface area contributed by atoms with E-state index in [2.05, 4.69) is 4.98 Å². The number of benzene rings is 3. The molecule has 0 spiro atoms. The average Bonchev–Trinajstić information content (AvgIpc) is 2.88. The number of halogens is 5. The van der Waals surface area contributed by atoms with Gasteiger partial charge in [-0.05, 0) is 48.0 Å². The quantitative estimate of drug-likeness (QED) is 0.303. The minimum atomic E-state index is -4.82. The fraction of sp³-hybridized carbons (Fsp3) is 0.192. The summed E-state index contributed by atoms with van der Waals surface area (Å²) in [5.74, 6) is 0.324. The lowest BCUT2D eigenvalue weighted by molar-refractivity contribution is -0.137. The van der Waals surface area contributed by atoms with E-state index in [9.17, 15) is 30.8 Å². The number of H-pyrrole nitrogens is 1. The Bertz CT molecular complexity index is 1720. The first-order valence-electron chi connectivity index (χ1n) is 11.5. The van der Waals surface area contributed by atoms with Crippen LogP contribution >= 0.6 is 11.6 Å². The van der Waals surface area contributed by atoms with Crippen molar-refractivity contribution in [3.05, 3.63) is 98.5 Å². The fourth-order valence-corrected chi connectivity index (χ4v) is 6.04. The zero-order valence-electron chi connectivity index (χ0n) is 19.9. The third-order valence-electron chi connectivity index (χ3n) is 6.08. The minimum Gasteiger partial charge on any atom is -0.486 e. The maximum absolute atomic E-state index is 13.7. The van der Waals surface area contributed by atoms with Crippen molar-refractivity contribution >= 4 is 32.5 Å². The average molecular weight is 583 g/mol. The second-order valence-electron chi connectivity index (χ2n) is 8.75. The number of pyridine rings is 1. The van der Waals surface area contributed by atoms with Crippen molar-refractivity contribution in [2.75, 3.05) is 13.2 Å². The molecule has 7 nitrogen and oxygen atoms in total. The number of alkyl halides is 3. The summed E-state index contributed by atoms with van der Waals surface area (Å²) >= 11 is 6.06. The van der Waals surface area contributed by atoms with Crippen LogP contribution in [0.5, 0.6) is 11.5 Å². The van der Waals surface area contributed by atoms with Gasteiger partial charge in [-0.25, -0.2) is 12.8 Å². The lowest BCUT2D eigenvalue weighted by Crippen LogP contribution is -2.33. The molecule has 5 rings (SSSR count). The summed E-state index contributed by atoms with van der Waals surface area (Å²) in [5, 5.41) is 0.0911. The van der Waals surface area contributed by atoms with Crippen molar-refractivity contribution in [3.63, 3.8) is 0 Å². The first kappa shape index (κ1) is 27.0. The molecule has 0 saturated heterocycles. The molecule has 0 atom stereocenters. The van der Waals surface area contributed by atoms with Crippen LogP contribution in [0.1, 0.15) is 16.7 Å². The molecule has 3 aromatic carbocycles. The molecule has 13 heteroatoms. The first-order valence-corrected chi connectivity index (χ1v) is 13.3. The van der Waals surface area contributed by atoms with Crippen molar-refractivity contribution in [2.24, 2.45) is 0 Å². The van der Waals surface area contributed by atoms with E-state index in [1.54, 1.807) is 12.1 Å². The molecule has 1 aromatic heterocycles. The van der Waals surface area contributed by atoms with Gasteiger partial charge in [-0.2, -0.15) is 17.5 Å². The van der Waals surface area contributed by atoms with E-state index in [4.69, 9.17) is 21.1 Å². The molecule has 0 aliphatic carbocycles. The highest BCUT2D eigenvalue weighted by Gasteiger charge is 2.35. The molecule has 1 aliphatic rings. The molecule has 1 N–H and O–H groups in total. The Labute approximate surface area is 224 Å². The molecule has 2 heterocycles. The number of aromatic nitrogens is 1. The van der Waals surface area contributed by atoms with E-state index in [0.29, 0.717) is 53.3 Å². The predicted octanol–water partition coefficient (Wildman–Crippen LogP) is 5.50. The van der Waals surface area contributed by atoms with Crippen LogP contribution in [-0.4, -0.2) is 30.9 Å². The maximum Gasteiger partial charge on any atom is 0.416 e. The normalized spacial score (nSPS) is 13.7. The zero-order valence-corrected chi connectivity index (χ0v) is 21.5. The van der Waals surface area contributed by atoms with Gasteiger partial charge in [0.2, 0.25) is 10.0 Å². The number of nitrogens with zero attached hydrogens (tertiary/aromatic N) is 1. The Balaban J connectivity index is 1.60. The van der Waals surface area contributed by atoms with Crippen LogP contribution in [-0.2, 0) is 29.3 Å². The molecule has 0 saturated carbocycles. The Kier molecular flexibility index (Phi) is 7.04. The molecule has 0 amide bonds. The van der Waals surface area contributed by atoms with Crippen molar-refractivity contribution in [2.45, 2.75) is 24.2 Å². The Morgan fingerprint density at radius 1 is 0.923 bits per heavy atom. The molecule has 0 unspecified atom stereocenters. The van der Waals surface area contributed by atoms with E-state index < -0.39 is 49.6 Å². The number of rotatable bonds is 6. The van der Waals surface area contributed by atoms with E-state index >= 15 is 0 Å². The summed E-state index contributed by atoms with van der Waals surface area (Å²) in [5.41, 5.74) is -1.06. The molecule has 4 aromatic rings. The highest BCUT2D eigenvalue weighted by Crippen LogP contribution is 2.36. The van der Waals surface area contributed by atoms with Crippen LogP contribution in [0.2, 0.25) is 5.02 Å². The number of ether oxygens (including phenoxy) is 2. The summed E-state index contributed by atoms with van der Waals surface area (Å²) in [4.78, 5) is 14.9. The highest BCUT2D eigenvalue weighted by molar-refractivity contribution is 7.89. The number of hydrogen-bond donors (Lipinski definition) is 1. The van der Waals surface area contributed by atoms with Crippen molar-refractivity contribution < 1.29 is 35.5 Å². The topological polar surface area (TPSA) is 88.7 Å². The Morgan fingerprint density at radius 3 is 2.26 bits per heavy atom. The van der Waals surface area contributed by atoms with Gasteiger partial charge in [-0.3, -0.25) is 4.79 Å². The third-order valence-corrected chi connectivity index (χ3v) is 8.35.